The Labute approximate surface area is 168 Å². The molecule has 1 N–H and O–H groups in total. The zero-order valence-electron chi connectivity index (χ0n) is 15.2. The van der Waals surface area contributed by atoms with Crippen LogP contribution < -0.4 is 0 Å². The lowest BCUT2D eigenvalue weighted by Crippen LogP contribution is -2.30. The van der Waals surface area contributed by atoms with E-state index in [0.29, 0.717) is 10.8 Å². The molecule has 6 heteroatoms. The molecule has 1 saturated heterocycles. The van der Waals surface area contributed by atoms with Gasteiger partial charge in [0, 0.05) is 28.7 Å². The van der Waals surface area contributed by atoms with Crippen LogP contribution in [0.5, 0.6) is 0 Å². The van der Waals surface area contributed by atoms with Crippen molar-refractivity contribution in [3.8, 4) is 11.1 Å². The number of aromatic nitrogens is 1. The fourth-order valence-corrected chi connectivity index (χ4v) is 6.96. The van der Waals surface area contributed by atoms with Crippen molar-refractivity contribution in [1.29, 1.82) is 0 Å². The van der Waals surface area contributed by atoms with E-state index in [1.165, 1.54) is 11.3 Å². The first kappa shape index (κ1) is 17.7. The van der Waals surface area contributed by atoms with Gasteiger partial charge in [-0.05, 0) is 35.9 Å². The minimum Gasteiger partial charge on any atom is -0.357 e. The van der Waals surface area contributed by atoms with E-state index in [1.54, 1.807) is 16.4 Å². The molecular formula is C22H20N2O2S2. The number of hydrogen-bond acceptors (Lipinski definition) is 3. The van der Waals surface area contributed by atoms with Crippen LogP contribution in [0.3, 0.4) is 0 Å². The summed E-state index contributed by atoms with van der Waals surface area (Å²) in [5.41, 5.74) is 4.24. The predicted molar refractivity (Wildman–Crippen MR) is 114 cm³/mol. The summed E-state index contributed by atoms with van der Waals surface area (Å²) in [6, 6.07) is 21.7. The first-order valence-electron chi connectivity index (χ1n) is 9.37. The van der Waals surface area contributed by atoms with Crippen molar-refractivity contribution in [3.05, 3.63) is 77.8 Å². The maximum absolute atomic E-state index is 13.3. The number of nitrogens with one attached hydrogen (secondary N) is 1. The second-order valence-electron chi connectivity index (χ2n) is 7.03. The van der Waals surface area contributed by atoms with Gasteiger partial charge in [-0.1, -0.05) is 54.6 Å². The average molecular weight is 409 g/mol. The zero-order valence-corrected chi connectivity index (χ0v) is 16.8. The summed E-state index contributed by atoms with van der Waals surface area (Å²) in [7, 11) is -3.50. The van der Waals surface area contributed by atoms with Crippen molar-refractivity contribution in [2.75, 3.05) is 6.54 Å². The summed E-state index contributed by atoms with van der Waals surface area (Å²) < 4.78 is 28.6. The molecule has 2 aromatic carbocycles. The largest absolute Gasteiger partial charge is 0.357 e. The normalized spacial score (nSPS) is 18.1. The van der Waals surface area contributed by atoms with Gasteiger partial charge < -0.3 is 4.98 Å². The van der Waals surface area contributed by atoms with Crippen molar-refractivity contribution < 1.29 is 8.42 Å². The van der Waals surface area contributed by atoms with Crippen LogP contribution in [-0.2, 0) is 10.0 Å². The number of H-pyrrole nitrogens is 1. The monoisotopic (exact) mass is 408 g/mol. The number of benzene rings is 2. The SMILES string of the molecule is O=S(=O)(c1cccs1)N1CCCC1c1[nH]c2ccccc2c1-c1ccccc1. The molecule has 2 aromatic heterocycles. The molecule has 0 bridgehead atoms. The van der Waals surface area contributed by atoms with E-state index in [2.05, 4.69) is 29.2 Å². The van der Waals surface area contributed by atoms with E-state index >= 15 is 0 Å². The lowest BCUT2D eigenvalue weighted by Gasteiger charge is -2.24. The van der Waals surface area contributed by atoms with E-state index in [4.69, 9.17) is 0 Å². The highest BCUT2D eigenvalue weighted by Gasteiger charge is 2.39. The number of aromatic amines is 1. The smallest absolute Gasteiger partial charge is 0.253 e. The van der Waals surface area contributed by atoms with Crippen LogP contribution in [-0.4, -0.2) is 24.3 Å². The van der Waals surface area contributed by atoms with Crippen molar-refractivity contribution >= 4 is 32.3 Å². The number of nitrogens with zero attached hydrogens (tertiary/aromatic N) is 1. The third kappa shape index (κ3) is 2.80. The van der Waals surface area contributed by atoms with Crippen molar-refractivity contribution in [2.45, 2.75) is 23.1 Å². The molecule has 0 saturated carbocycles. The lowest BCUT2D eigenvalue weighted by atomic mass is 9.98. The number of thiophene rings is 1. The summed E-state index contributed by atoms with van der Waals surface area (Å²) in [4.78, 5) is 3.55. The number of sulfonamides is 1. The fraction of sp³-hybridized carbons (Fsp3) is 0.182. The van der Waals surface area contributed by atoms with Gasteiger partial charge in [-0.15, -0.1) is 11.3 Å². The van der Waals surface area contributed by atoms with Gasteiger partial charge in [0.25, 0.3) is 10.0 Å². The van der Waals surface area contributed by atoms with Gasteiger partial charge in [0.1, 0.15) is 4.21 Å². The molecule has 0 amide bonds. The molecule has 0 radical (unpaired) electrons. The number of rotatable bonds is 4. The van der Waals surface area contributed by atoms with Gasteiger partial charge in [0.2, 0.25) is 0 Å². The number of fused-ring (bicyclic) bond motifs is 1. The van der Waals surface area contributed by atoms with Gasteiger partial charge in [0.15, 0.2) is 0 Å². The van der Waals surface area contributed by atoms with E-state index in [1.807, 2.05) is 35.7 Å². The second-order valence-corrected chi connectivity index (χ2v) is 10.1. The zero-order chi connectivity index (χ0) is 19.1. The molecule has 1 unspecified atom stereocenters. The van der Waals surface area contributed by atoms with E-state index < -0.39 is 10.0 Å². The fourth-order valence-electron chi connectivity index (χ4n) is 4.17. The molecule has 0 aliphatic carbocycles. The number of hydrogen-bond donors (Lipinski definition) is 1. The quantitative estimate of drug-likeness (QED) is 0.490. The van der Waals surface area contributed by atoms with Gasteiger partial charge in [0.05, 0.1) is 6.04 Å². The van der Waals surface area contributed by atoms with Gasteiger partial charge >= 0.3 is 0 Å². The van der Waals surface area contributed by atoms with E-state index in [-0.39, 0.29) is 6.04 Å². The third-order valence-corrected chi connectivity index (χ3v) is 8.67. The minimum absolute atomic E-state index is 0.185. The highest BCUT2D eigenvalue weighted by molar-refractivity contribution is 7.91. The van der Waals surface area contributed by atoms with Gasteiger partial charge in [-0.2, -0.15) is 4.31 Å². The summed E-state index contributed by atoms with van der Waals surface area (Å²) in [5.74, 6) is 0. The minimum atomic E-state index is -3.50. The molecule has 3 heterocycles. The Bertz CT molecular complexity index is 1210. The Morgan fingerprint density at radius 2 is 1.75 bits per heavy atom. The molecule has 28 heavy (non-hydrogen) atoms. The highest BCUT2D eigenvalue weighted by Crippen LogP contribution is 2.43. The molecule has 1 fully saturated rings. The molecule has 5 rings (SSSR count). The first-order chi connectivity index (χ1) is 13.7. The molecular weight excluding hydrogens is 388 g/mol. The Morgan fingerprint density at radius 3 is 2.54 bits per heavy atom. The summed E-state index contributed by atoms with van der Waals surface area (Å²) in [6.07, 6.45) is 1.68. The molecule has 4 aromatic rings. The number of para-hydroxylation sites is 1. The van der Waals surface area contributed by atoms with Crippen LogP contribution in [0.2, 0.25) is 0 Å². The van der Waals surface area contributed by atoms with Crippen LogP contribution >= 0.6 is 11.3 Å². The lowest BCUT2D eigenvalue weighted by molar-refractivity contribution is 0.393. The third-order valence-electron chi connectivity index (χ3n) is 5.39. The van der Waals surface area contributed by atoms with Crippen molar-refractivity contribution in [1.82, 2.24) is 9.29 Å². The maximum atomic E-state index is 13.3. The molecule has 1 aliphatic rings. The summed E-state index contributed by atoms with van der Waals surface area (Å²) in [5, 5.41) is 2.94. The summed E-state index contributed by atoms with van der Waals surface area (Å²) >= 11 is 1.28. The van der Waals surface area contributed by atoms with Crippen LogP contribution in [0.25, 0.3) is 22.0 Å². The standard InChI is InChI=1S/C22H20N2O2S2/c25-28(26,20-13-7-15-27-20)24-14-6-12-19(24)22-21(16-8-2-1-3-9-16)17-10-4-5-11-18(17)23-22/h1-5,7-11,13,15,19,23H,6,12,14H2. The Hall–Kier alpha value is -2.41. The Balaban J connectivity index is 1.69. The topological polar surface area (TPSA) is 53.2 Å². The van der Waals surface area contributed by atoms with Gasteiger partial charge in [-0.3, -0.25) is 0 Å². The van der Waals surface area contributed by atoms with E-state index in [9.17, 15) is 8.42 Å². The van der Waals surface area contributed by atoms with Crippen molar-refractivity contribution in [2.24, 2.45) is 0 Å². The molecule has 4 nitrogen and oxygen atoms in total. The maximum Gasteiger partial charge on any atom is 0.253 e. The molecule has 0 spiro atoms. The van der Waals surface area contributed by atoms with Crippen LogP contribution in [0, 0.1) is 0 Å². The highest BCUT2D eigenvalue weighted by atomic mass is 32.2. The van der Waals surface area contributed by atoms with Crippen LogP contribution in [0.1, 0.15) is 24.6 Å². The molecule has 1 atom stereocenters. The van der Waals surface area contributed by atoms with E-state index in [0.717, 1.165) is 40.6 Å². The Kier molecular flexibility index (Phi) is 4.34. The van der Waals surface area contributed by atoms with Crippen LogP contribution in [0.15, 0.2) is 76.3 Å². The first-order valence-corrected chi connectivity index (χ1v) is 11.7. The van der Waals surface area contributed by atoms with Gasteiger partial charge in [-0.25, -0.2) is 8.42 Å². The van der Waals surface area contributed by atoms with Crippen molar-refractivity contribution in [3.63, 3.8) is 0 Å². The Morgan fingerprint density at radius 1 is 0.964 bits per heavy atom. The van der Waals surface area contributed by atoms with Crippen LogP contribution in [0.4, 0.5) is 0 Å². The predicted octanol–water partition coefficient (Wildman–Crippen LogP) is 5.42. The summed E-state index contributed by atoms with van der Waals surface area (Å²) in [6.45, 7) is 0.550. The second kappa shape index (κ2) is 6.88. The molecule has 1 aliphatic heterocycles. The molecule has 142 valence electrons. The average Bonchev–Trinajstić information content (AvgIpc) is 3.47.